The highest BCUT2D eigenvalue weighted by Gasteiger charge is 2.13. The zero-order chi connectivity index (χ0) is 5.98. The molecule has 0 aliphatic heterocycles. The van der Waals surface area contributed by atoms with Gasteiger partial charge in [0.25, 0.3) is 0 Å². The van der Waals surface area contributed by atoms with Crippen molar-refractivity contribution in [3.63, 3.8) is 0 Å². The Kier molecular flexibility index (Phi) is 3.87. The summed E-state index contributed by atoms with van der Waals surface area (Å²) in [5.74, 6) is 2.04. The van der Waals surface area contributed by atoms with E-state index in [1.807, 2.05) is 0 Å². The van der Waals surface area contributed by atoms with Crippen LogP contribution in [0, 0.1) is 11.8 Å². The van der Waals surface area contributed by atoms with E-state index in [1.165, 1.54) is 25.7 Å². The van der Waals surface area contributed by atoms with Gasteiger partial charge in [0, 0.05) is 0 Å². The molecule has 1 saturated carbocycles. The highest BCUT2D eigenvalue weighted by molar-refractivity contribution is 4.65. The topological polar surface area (TPSA) is 31.5 Å². The Hall–Kier alpha value is -0.0400. The first-order chi connectivity index (χ1) is 3.79. The van der Waals surface area contributed by atoms with Crippen LogP contribution in [-0.2, 0) is 0 Å². The lowest BCUT2D eigenvalue weighted by Crippen LogP contribution is -2.08. The van der Waals surface area contributed by atoms with E-state index in [2.05, 4.69) is 13.8 Å². The Balaban J connectivity index is 0.000000640. The summed E-state index contributed by atoms with van der Waals surface area (Å²) < 4.78 is 0. The van der Waals surface area contributed by atoms with Crippen molar-refractivity contribution in [3.05, 3.63) is 0 Å². The van der Waals surface area contributed by atoms with E-state index < -0.39 is 0 Å². The van der Waals surface area contributed by atoms with Crippen molar-refractivity contribution >= 4 is 0 Å². The number of hydrogen-bond donors (Lipinski definition) is 0. The number of rotatable bonds is 0. The van der Waals surface area contributed by atoms with Crippen LogP contribution in [0.5, 0.6) is 0 Å². The molecule has 0 unspecified atom stereocenters. The van der Waals surface area contributed by atoms with Crippen LogP contribution in [0.15, 0.2) is 0 Å². The third-order valence-electron chi connectivity index (χ3n) is 2.30. The lowest BCUT2D eigenvalue weighted by Gasteiger charge is -2.22. The first kappa shape index (κ1) is 8.96. The third-order valence-corrected chi connectivity index (χ3v) is 2.30. The third kappa shape index (κ3) is 2.85. The van der Waals surface area contributed by atoms with E-state index in [-0.39, 0.29) is 5.48 Å². The molecule has 1 aliphatic carbocycles. The fraction of sp³-hybridized carbons (Fsp3) is 1.00. The smallest absolute Gasteiger partial charge is 0.0443 e. The zero-order valence-corrected chi connectivity index (χ0v) is 6.48. The summed E-state index contributed by atoms with van der Waals surface area (Å²) in [4.78, 5) is 0. The Morgan fingerprint density at radius 2 is 1.00 bits per heavy atom. The highest BCUT2D eigenvalue weighted by Crippen LogP contribution is 2.27. The quantitative estimate of drug-likeness (QED) is 0.480. The van der Waals surface area contributed by atoms with E-state index >= 15 is 0 Å². The van der Waals surface area contributed by atoms with Crippen molar-refractivity contribution < 1.29 is 5.48 Å². The minimum Gasteiger partial charge on any atom is -0.412 e. The van der Waals surface area contributed by atoms with Crippen molar-refractivity contribution in [2.24, 2.45) is 11.8 Å². The van der Waals surface area contributed by atoms with Crippen LogP contribution < -0.4 is 0 Å². The Morgan fingerprint density at radius 3 is 1.22 bits per heavy atom. The zero-order valence-electron chi connectivity index (χ0n) is 6.48. The van der Waals surface area contributed by atoms with Crippen LogP contribution in [0.1, 0.15) is 39.5 Å². The van der Waals surface area contributed by atoms with Crippen molar-refractivity contribution in [3.8, 4) is 0 Å². The SMILES string of the molecule is CC1CCC(C)CC1.O. The summed E-state index contributed by atoms with van der Waals surface area (Å²) in [6.45, 7) is 4.73. The molecule has 0 aromatic carbocycles. The van der Waals surface area contributed by atoms with Gasteiger partial charge in [0.15, 0.2) is 0 Å². The summed E-state index contributed by atoms with van der Waals surface area (Å²) in [5, 5.41) is 0. The minimum absolute atomic E-state index is 0. The molecule has 1 fully saturated rings. The van der Waals surface area contributed by atoms with E-state index in [0.29, 0.717) is 0 Å². The summed E-state index contributed by atoms with van der Waals surface area (Å²) in [6, 6.07) is 0. The maximum Gasteiger partial charge on any atom is -0.0443 e. The fourth-order valence-corrected chi connectivity index (χ4v) is 1.43. The summed E-state index contributed by atoms with van der Waals surface area (Å²) in [5.41, 5.74) is 0. The molecule has 0 heterocycles. The van der Waals surface area contributed by atoms with Gasteiger partial charge in [-0.1, -0.05) is 39.5 Å². The van der Waals surface area contributed by atoms with E-state index in [0.717, 1.165) is 11.8 Å². The second-order valence-electron chi connectivity index (χ2n) is 3.37. The second-order valence-corrected chi connectivity index (χ2v) is 3.37. The predicted octanol–water partition coefficient (Wildman–Crippen LogP) is 2.01. The monoisotopic (exact) mass is 130 g/mol. The van der Waals surface area contributed by atoms with Crippen molar-refractivity contribution in [1.82, 2.24) is 0 Å². The molecule has 2 N–H and O–H groups in total. The van der Waals surface area contributed by atoms with Crippen LogP contribution in [0.4, 0.5) is 0 Å². The lowest BCUT2D eigenvalue weighted by atomic mass is 9.84. The van der Waals surface area contributed by atoms with Crippen LogP contribution in [0.3, 0.4) is 0 Å². The maximum absolute atomic E-state index is 2.37. The molecule has 0 radical (unpaired) electrons. The van der Waals surface area contributed by atoms with Crippen LogP contribution in [0.2, 0.25) is 0 Å². The maximum atomic E-state index is 2.37. The van der Waals surface area contributed by atoms with Crippen LogP contribution in [-0.4, -0.2) is 5.48 Å². The molecule has 0 saturated heterocycles. The van der Waals surface area contributed by atoms with Gasteiger partial charge in [0.2, 0.25) is 0 Å². The predicted molar refractivity (Wildman–Crippen MR) is 40.4 cm³/mol. The molecule has 0 bridgehead atoms. The van der Waals surface area contributed by atoms with Crippen molar-refractivity contribution in [2.75, 3.05) is 0 Å². The summed E-state index contributed by atoms with van der Waals surface area (Å²) in [6.07, 6.45) is 5.89. The minimum atomic E-state index is 0. The van der Waals surface area contributed by atoms with E-state index in [9.17, 15) is 0 Å². The molecule has 9 heavy (non-hydrogen) atoms. The Labute approximate surface area is 57.8 Å². The molecule has 1 rings (SSSR count). The van der Waals surface area contributed by atoms with Gasteiger partial charge >= 0.3 is 0 Å². The lowest BCUT2D eigenvalue weighted by molar-refractivity contribution is 0.308. The molecular formula is C8H18O. The standard InChI is InChI=1S/C8H16.H2O/c1-7-3-5-8(2)6-4-7;/h7-8H,3-6H2,1-2H3;1H2. The van der Waals surface area contributed by atoms with Gasteiger partial charge < -0.3 is 5.48 Å². The van der Waals surface area contributed by atoms with Gasteiger partial charge in [-0.3, -0.25) is 0 Å². The average molecular weight is 130 g/mol. The van der Waals surface area contributed by atoms with Crippen molar-refractivity contribution in [2.45, 2.75) is 39.5 Å². The molecular weight excluding hydrogens is 112 g/mol. The molecule has 0 spiro atoms. The molecule has 0 aromatic rings. The fourth-order valence-electron chi connectivity index (χ4n) is 1.43. The largest absolute Gasteiger partial charge is 0.412 e. The van der Waals surface area contributed by atoms with Gasteiger partial charge in [-0.2, -0.15) is 0 Å². The molecule has 1 nitrogen and oxygen atoms in total. The van der Waals surface area contributed by atoms with E-state index in [1.54, 1.807) is 0 Å². The van der Waals surface area contributed by atoms with Gasteiger partial charge in [-0.25, -0.2) is 0 Å². The molecule has 0 atom stereocenters. The average Bonchev–Trinajstić information content (AvgIpc) is 1.77. The summed E-state index contributed by atoms with van der Waals surface area (Å²) >= 11 is 0. The molecule has 0 aromatic heterocycles. The first-order valence-corrected chi connectivity index (χ1v) is 3.79. The molecule has 1 aliphatic rings. The van der Waals surface area contributed by atoms with Gasteiger partial charge in [-0.05, 0) is 11.8 Å². The van der Waals surface area contributed by atoms with Crippen molar-refractivity contribution in [1.29, 1.82) is 0 Å². The summed E-state index contributed by atoms with van der Waals surface area (Å²) in [7, 11) is 0. The Morgan fingerprint density at radius 1 is 0.778 bits per heavy atom. The molecule has 0 amide bonds. The molecule has 1 heteroatoms. The van der Waals surface area contributed by atoms with Crippen LogP contribution >= 0.6 is 0 Å². The highest BCUT2D eigenvalue weighted by atomic mass is 16.0. The van der Waals surface area contributed by atoms with Gasteiger partial charge in [-0.15, -0.1) is 0 Å². The van der Waals surface area contributed by atoms with Gasteiger partial charge in [0.1, 0.15) is 0 Å². The number of hydrogen-bond acceptors (Lipinski definition) is 0. The van der Waals surface area contributed by atoms with Crippen LogP contribution in [0.25, 0.3) is 0 Å². The second kappa shape index (κ2) is 3.89. The normalized spacial score (nSPS) is 35.3. The van der Waals surface area contributed by atoms with Gasteiger partial charge in [0.05, 0.1) is 0 Å². The first-order valence-electron chi connectivity index (χ1n) is 3.79. The Bertz CT molecular complexity index is 53.0. The molecule has 56 valence electrons. The van der Waals surface area contributed by atoms with E-state index in [4.69, 9.17) is 0 Å².